The summed E-state index contributed by atoms with van der Waals surface area (Å²) in [5.74, 6) is -0.533. The highest BCUT2D eigenvalue weighted by Gasteiger charge is 2.30. The van der Waals surface area contributed by atoms with E-state index >= 15 is 0 Å². The van der Waals surface area contributed by atoms with E-state index in [4.69, 9.17) is 5.11 Å². The number of carboxylic acids is 1. The summed E-state index contributed by atoms with van der Waals surface area (Å²) in [6.07, 6.45) is 4.17. The Bertz CT molecular complexity index is 778. The van der Waals surface area contributed by atoms with Crippen molar-refractivity contribution in [1.29, 1.82) is 0 Å². The molecule has 1 aliphatic heterocycles. The number of aliphatic hydroxyl groups is 1. The van der Waals surface area contributed by atoms with Gasteiger partial charge in [0.2, 0.25) is 0 Å². The molecule has 1 aromatic heterocycles. The van der Waals surface area contributed by atoms with Crippen LogP contribution in [0.15, 0.2) is 36.7 Å². The highest BCUT2D eigenvalue weighted by Crippen LogP contribution is 2.30. The zero-order chi connectivity index (χ0) is 18.0. The Morgan fingerprint density at radius 3 is 2.52 bits per heavy atom. The van der Waals surface area contributed by atoms with Gasteiger partial charge in [-0.05, 0) is 37.0 Å². The Balaban J connectivity index is 1.64. The molecule has 3 rings (SSSR count). The summed E-state index contributed by atoms with van der Waals surface area (Å²) in [6, 6.07) is 6.08. The van der Waals surface area contributed by atoms with Gasteiger partial charge in [0.05, 0.1) is 5.56 Å². The summed E-state index contributed by atoms with van der Waals surface area (Å²) in [7, 11) is 1.85. The quantitative estimate of drug-likeness (QED) is 0.881. The van der Waals surface area contributed by atoms with Crippen molar-refractivity contribution in [2.24, 2.45) is 13.0 Å². The Morgan fingerprint density at radius 1 is 1.24 bits per heavy atom. The molecular weight excluding hydrogens is 322 g/mol. The summed E-state index contributed by atoms with van der Waals surface area (Å²) >= 11 is 0. The summed E-state index contributed by atoms with van der Waals surface area (Å²) in [5, 5.41) is 19.6. The summed E-state index contributed by atoms with van der Waals surface area (Å²) in [5.41, 5.74) is 0.481. The largest absolute Gasteiger partial charge is 0.478 e. The minimum Gasteiger partial charge on any atom is -0.478 e. The van der Waals surface area contributed by atoms with Gasteiger partial charge in [-0.15, -0.1) is 0 Å². The first kappa shape index (κ1) is 17.2. The number of imidazole rings is 1. The Labute approximate surface area is 145 Å². The van der Waals surface area contributed by atoms with Gasteiger partial charge < -0.3 is 19.7 Å². The van der Waals surface area contributed by atoms with Crippen LogP contribution in [0.5, 0.6) is 0 Å². The lowest BCUT2D eigenvalue weighted by molar-refractivity contribution is 0.0420. The van der Waals surface area contributed by atoms with Crippen molar-refractivity contribution in [2.75, 3.05) is 13.1 Å². The molecular formula is C18H21N3O4. The molecule has 1 fully saturated rings. The fraction of sp³-hybridized carbons (Fsp3) is 0.389. The molecule has 2 N–H and O–H groups in total. The number of aromatic nitrogens is 2. The van der Waals surface area contributed by atoms with E-state index in [0.29, 0.717) is 37.3 Å². The number of aryl methyl sites for hydroxylation is 1. The van der Waals surface area contributed by atoms with Crippen LogP contribution in [0, 0.1) is 5.92 Å². The molecule has 2 aromatic rings. The lowest BCUT2D eigenvalue weighted by Gasteiger charge is -2.34. The van der Waals surface area contributed by atoms with E-state index in [1.165, 1.54) is 12.1 Å². The maximum atomic E-state index is 12.6. The van der Waals surface area contributed by atoms with Gasteiger partial charge in [-0.1, -0.05) is 6.07 Å². The number of amides is 1. The van der Waals surface area contributed by atoms with Crippen molar-refractivity contribution < 1.29 is 19.8 Å². The molecule has 0 radical (unpaired) electrons. The fourth-order valence-corrected chi connectivity index (χ4v) is 3.26. The Kier molecular flexibility index (Phi) is 4.85. The molecule has 25 heavy (non-hydrogen) atoms. The molecule has 1 amide bonds. The van der Waals surface area contributed by atoms with Crippen LogP contribution in [0.25, 0.3) is 0 Å². The van der Waals surface area contributed by atoms with Crippen LogP contribution < -0.4 is 0 Å². The highest BCUT2D eigenvalue weighted by molar-refractivity contribution is 5.97. The highest BCUT2D eigenvalue weighted by atomic mass is 16.4. The third kappa shape index (κ3) is 3.56. The predicted octanol–water partition coefficient (Wildman–Crippen LogP) is 1.70. The second-order valence-corrected chi connectivity index (χ2v) is 6.36. The monoisotopic (exact) mass is 343 g/mol. The molecule has 1 saturated heterocycles. The van der Waals surface area contributed by atoms with Gasteiger partial charge in [0, 0.05) is 38.1 Å². The Morgan fingerprint density at radius 2 is 1.92 bits per heavy atom. The minimum atomic E-state index is -1.05. The summed E-state index contributed by atoms with van der Waals surface area (Å²) < 4.78 is 1.81. The first-order valence-corrected chi connectivity index (χ1v) is 8.25. The van der Waals surface area contributed by atoms with E-state index in [2.05, 4.69) is 4.98 Å². The van der Waals surface area contributed by atoms with Gasteiger partial charge in [-0.2, -0.15) is 0 Å². The molecule has 1 aliphatic rings. The van der Waals surface area contributed by atoms with Crippen LogP contribution in [-0.2, 0) is 7.05 Å². The lowest BCUT2D eigenvalue weighted by atomic mass is 9.90. The average molecular weight is 343 g/mol. The van der Waals surface area contributed by atoms with Crippen LogP contribution in [0.3, 0.4) is 0 Å². The van der Waals surface area contributed by atoms with E-state index in [0.717, 1.165) is 0 Å². The standard InChI is InChI=1S/C18H21N3O4/c1-20-10-7-19-16(20)15(22)12-5-8-21(9-6-12)17(23)13-3-2-4-14(11-13)18(24)25/h2-4,7,10-12,15,22H,5-6,8-9H2,1H3,(H,24,25). The second kappa shape index (κ2) is 7.06. The van der Waals surface area contributed by atoms with Crippen LogP contribution in [0.2, 0.25) is 0 Å². The molecule has 7 heteroatoms. The summed E-state index contributed by atoms with van der Waals surface area (Å²) in [4.78, 5) is 29.5. The lowest BCUT2D eigenvalue weighted by Crippen LogP contribution is -2.40. The number of carbonyl (C=O) groups excluding carboxylic acids is 1. The molecule has 1 atom stereocenters. The number of likely N-dealkylation sites (tertiary alicyclic amines) is 1. The molecule has 0 spiro atoms. The van der Waals surface area contributed by atoms with E-state index < -0.39 is 12.1 Å². The second-order valence-electron chi connectivity index (χ2n) is 6.36. The van der Waals surface area contributed by atoms with Gasteiger partial charge in [-0.25, -0.2) is 9.78 Å². The number of hydrogen-bond donors (Lipinski definition) is 2. The predicted molar refractivity (Wildman–Crippen MR) is 90.2 cm³/mol. The minimum absolute atomic E-state index is 0.0514. The fourth-order valence-electron chi connectivity index (χ4n) is 3.26. The molecule has 0 saturated carbocycles. The number of carboxylic acid groups (broad SMARTS) is 1. The maximum absolute atomic E-state index is 12.6. The van der Waals surface area contributed by atoms with Crippen LogP contribution in [0.4, 0.5) is 0 Å². The molecule has 2 heterocycles. The van der Waals surface area contributed by atoms with E-state index in [1.807, 2.05) is 7.05 Å². The van der Waals surface area contributed by atoms with Crippen molar-refractivity contribution in [2.45, 2.75) is 18.9 Å². The van der Waals surface area contributed by atoms with Gasteiger partial charge in [0.1, 0.15) is 11.9 Å². The molecule has 1 aromatic carbocycles. The number of hydrogen-bond acceptors (Lipinski definition) is 4. The first-order valence-electron chi connectivity index (χ1n) is 8.25. The van der Waals surface area contributed by atoms with Crippen molar-refractivity contribution in [3.05, 3.63) is 53.6 Å². The smallest absolute Gasteiger partial charge is 0.335 e. The van der Waals surface area contributed by atoms with Crippen molar-refractivity contribution in [1.82, 2.24) is 14.5 Å². The number of aromatic carboxylic acids is 1. The number of nitrogens with zero attached hydrogens (tertiary/aromatic N) is 3. The average Bonchev–Trinajstić information content (AvgIpc) is 3.06. The zero-order valence-electron chi connectivity index (χ0n) is 14.0. The number of benzene rings is 1. The zero-order valence-corrected chi connectivity index (χ0v) is 14.0. The third-order valence-corrected chi connectivity index (χ3v) is 4.75. The van der Waals surface area contributed by atoms with Crippen LogP contribution in [-0.4, -0.2) is 49.6 Å². The van der Waals surface area contributed by atoms with E-state index in [9.17, 15) is 14.7 Å². The molecule has 0 bridgehead atoms. The summed E-state index contributed by atoms with van der Waals surface area (Å²) in [6.45, 7) is 1.06. The van der Waals surface area contributed by atoms with Gasteiger partial charge in [0.25, 0.3) is 5.91 Å². The van der Waals surface area contributed by atoms with E-state index in [-0.39, 0.29) is 17.4 Å². The number of rotatable bonds is 4. The van der Waals surface area contributed by atoms with Crippen molar-refractivity contribution >= 4 is 11.9 Å². The van der Waals surface area contributed by atoms with Crippen LogP contribution in [0.1, 0.15) is 45.5 Å². The number of piperidine rings is 1. The van der Waals surface area contributed by atoms with Crippen molar-refractivity contribution in [3.63, 3.8) is 0 Å². The number of carbonyl (C=O) groups is 2. The van der Waals surface area contributed by atoms with Gasteiger partial charge in [-0.3, -0.25) is 4.79 Å². The van der Waals surface area contributed by atoms with Gasteiger partial charge in [0.15, 0.2) is 0 Å². The SMILES string of the molecule is Cn1ccnc1C(O)C1CCN(C(=O)c2cccc(C(=O)O)c2)CC1. The molecule has 7 nitrogen and oxygen atoms in total. The third-order valence-electron chi connectivity index (χ3n) is 4.75. The number of aliphatic hydroxyl groups excluding tert-OH is 1. The topological polar surface area (TPSA) is 95.7 Å². The molecule has 0 aliphatic carbocycles. The van der Waals surface area contributed by atoms with E-state index in [1.54, 1.807) is 34.0 Å². The molecule has 1 unspecified atom stereocenters. The molecule has 132 valence electrons. The first-order chi connectivity index (χ1) is 12.0. The van der Waals surface area contributed by atoms with Crippen molar-refractivity contribution in [3.8, 4) is 0 Å². The van der Waals surface area contributed by atoms with Crippen LogP contribution >= 0.6 is 0 Å². The normalized spacial score (nSPS) is 16.6. The maximum Gasteiger partial charge on any atom is 0.335 e. The Hall–Kier alpha value is -2.67. The van der Waals surface area contributed by atoms with Gasteiger partial charge >= 0.3 is 5.97 Å².